The number of rotatable bonds is 17. The van der Waals surface area contributed by atoms with Crippen molar-refractivity contribution in [3.8, 4) is 16.9 Å². The molecule has 0 radical (unpaired) electrons. The minimum absolute atomic E-state index is 0. The van der Waals surface area contributed by atoms with Gasteiger partial charge in [-0.1, -0.05) is 166 Å². The van der Waals surface area contributed by atoms with E-state index in [0.717, 1.165) is 82.5 Å². The second-order valence-corrected chi connectivity index (χ2v) is 17.6. The van der Waals surface area contributed by atoms with E-state index in [2.05, 4.69) is 83.5 Å². The van der Waals surface area contributed by atoms with Gasteiger partial charge in [0, 0.05) is 10.2 Å². The van der Waals surface area contributed by atoms with Crippen LogP contribution in [0.5, 0.6) is 5.75 Å². The first-order chi connectivity index (χ1) is 31.4. The lowest BCUT2D eigenvalue weighted by molar-refractivity contribution is -0.130. The fourth-order valence-corrected chi connectivity index (χ4v) is 9.53. The molecule has 3 N–H and O–H groups in total. The van der Waals surface area contributed by atoms with Gasteiger partial charge in [0.1, 0.15) is 18.4 Å². The summed E-state index contributed by atoms with van der Waals surface area (Å²) in [6.07, 6.45) is 8.18. The van der Waals surface area contributed by atoms with Crippen molar-refractivity contribution in [3.63, 3.8) is 0 Å². The molecule has 1 fully saturated rings. The summed E-state index contributed by atoms with van der Waals surface area (Å²) < 4.78 is 12.1. The molecule has 1 saturated carbocycles. The zero-order valence-corrected chi connectivity index (χ0v) is 36.6. The van der Waals surface area contributed by atoms with E-state index in [1.807, 2.05) is 84.9 Å². The molecule has 0 saturated heterocycles. The molecule has 6 aromatic carbocycles. The summed E-state index contributed by atoms with van der Waals surface area (Å²) in [4.78, 5) is 41.3. The standard InChI is InChI=1S/C56H57N3O5.3H2/c1-2-3-21-51(55(61)58-53(40-14-5-4-6-15-40)41-28-26-38(27-29-41)25-24-37-22-23-37)57-52(60)36-63-43-32-33-45-42(34-43)31-30-39-13-7-8-16-44(39)54(45)59-56(62)64-35-50-48-19-11-9-17-46(48)47-18-10-12-20-49(47)50;;;/h4-20,26-29,32-34,37,50-51,53-54H,2-3,21-25,30-31,35-36H2,1H3,(H,57,60)(H,58,61)(H,59,62);3*1H. The Bertz CT molecular complexity index is 2560. The Balaban J connectivity index is 0.00000247. The molecule has 64 heavy (non-hydrogen) atoms. The van der Waals surface area contributed by atoms with E-state index in [1.54, 1.807) is 0 Å². The van der Waals surface area contributed by atoms with E-state index in [0.29, 0.717) is 12.2 Å². The van der Waals surface area contributed by atoms with Gasteiger partial charge in [-0.3, -0.25) is 9.59 Å². The van der Waals surface area contributed by atoms with Crippen LogP contribution < -0.4 is 20.7 Å². The van der Waals surface area contributed by atoms with Gasteiger partial charge in [0.2, 0.25) is 5.91 Å². The number of carbonyl (C=O) groups is 3. The van der Waals surface area contributed by atoms with Crippen molar-refractivity contribution in [2.24, 2.45) is 5.92 Å². The average Bonchev–Trinajstić information content (AvgIpc) is 4.14. The highest BCUT2D eigenvalue weighted by Gasteiger charge is 2.31. The Morgan fingerprint density at radius 2 is 1.33 bits per heavy atom. The monoisotopic (exact) mass is 857 g/mol. The summed E-state index contributed by atoms with van der Waals surface area (Å²) in [6, 6.07) is 47.6. The number of hydrogen-bond acceptors (Lipinski definition) is 5. The summed E-state index contributed by atoms with van der Waals surface area (Å²) in [6.45, 7) is 2.05. The molecule has 3 amide bonds. The van der Waals surface area contributed by atoms with E-state index in [-0.39, 0.29) is 41.3 Å². The summed E-state index contributed by atoms with van der Waals surface area (Å²) >= 11 is 0. The van der Waals surface area contributed by atoms with Gasteiger partial charge >= 0.3 is 6.09 Å². The van der Waals surface area contributed by atoms with Crippen molar-refractivity contribution in [1.29, 1.82) is 0 Å². The first kappa shape index (κ1) is 42.6. The molecule has 3 unspecified atom stereocenters. The number of fused-ring (bicyclic) bond motifs is 5. The van der Waals surface area contributed by atoms with Crippen LogP contribution in [0.3, 0.4) is 0 Å². The van der Waals surface area contributed by atoms with Crippen LogP contribution >= 0.6 is 0 Å². The molecule has 0 aliphatic heterocycles. The number of nitrogens with one attached hydrogen (secondary N) is 3. The van der Waals surface area contributed by atoms with Crippen LogP contribution in [0, 0.1) is 5.92 Å². The van der Waals surface area contributed by atoms with E-state index >= 15 is 0 Å². The molecule has 332 valence electrons. The third-order valence-electron chi connectivity index (χ3n) is 13.2. The first-order valence-corrected chi connectivity index (χ1v) is 23.1. The lowest BCUT2D eigenvalue weighted by Gasteiger charge is -2.25. The van der Waals surface area contributed by atoms with Gasteiger partial charge in [-0.05, 0) is 111 Å². The van der Waals surface area contributed by atoms with Crippen molar-refractivity contribution in [3.05, 3.63) is 196 Å². The predicted octanol–water partition coefficient (Wildman–Crippen LogP) is 11.5. The highest BCUT2D eigenvalue weighted by molar-refractivity contribution is 5.88. The minimum Gasteiger partial charge on any atom is -0.484 e. The zero-order chi connectivity index (χ0) is 43.8. The van der Waals surface area contributed by atoms with Gasteiger partial charge in [-0.25, -0.2) is 4.79 Å². The van der Waals surface area contributed by atoms with E-state index in [1.165, 1.54) is 36.0 Å². The second-order valence-electron chi connectivity index (χ2n) is 17.6. The van der Waals surface area contributed by atoms with Gasteiger partial charge in [0.15, 0.2) is 6.61 Å². The third-order valence-corrected chi connectivity index (χ3v) is 13.2. The fourth-order valence-electron chi connectivity index (χ4n) is 9.53. The molecule has 0 heterocycles. The number of benzene rings is 6. The highest BCUT2D eigenvalue weighted by Crippen LogP contribution is 2.45. The Morgan fingerprint density at radius 1 is 0.688 bits per heavy atom. The maximum Gasteiger partial charge on any atom is 0.407 e. The van der Waals surface area contributed by atoms with Crippen LogP contribution in [0.15, 0.2) is 146 Å². The van der Waals surface area contributed by atoms with Crippen LogP contribution in [-0.4, -0.2) is 37.2 Å². The molecule has 0 aromatic heterocycles. The Labute approximate surface area is 381 Å². The highest BCUT2D eigenvalue weighted by atomic mass is 16.5. The van der Waals surface area contributed by atoms with Crippen molar-refractivity contribution in [2.75, 3.05) is 13.2 Å². The SMILES string of the molecule is CCCCC(NC(=O)COc1ccc2c(c1)CCc1ccccc1C2NC(=O)OCC1c2ccccc2-c2ccccc21)C(=O)NC(c1ccccc1)c1ccc(CCC2CC2)cc1.[HH].[HH].[HH]. The van der Waals surface area contributed by atoms with Gasteiger partial charge < -0.3 is 25.4 Å². The first-order valence-electron chi connectivity index (χ1n) is 23.1. The minimum atomic E-state index is -0.727. The van der Waals surface area contributed by atoms with Crippen LogP contribution in [0.25, 0.3) is 11.1 Å². The number of ether oxygens (including phenoxy) is 2. The summed E-state index contributed by atoms with van der Waals surface area (Å²) in [5.41, 5.74) is 12.1. The van der Waals surface area contributed by atoms with E-state index < -0.39 is 18.2 Å². The third kappa shape index (κ3) is 9.92. The summed E-state index contributed by atoms with van der Waals surface area (Å²) in [7, 11) is 0. The quantitative estimate of drug-likeness (QED) is 0.0847. The lowest BCUT2D eigenvalue weighted by atomic mass is 9.94. The number of aryl methyl sites for hydroxylation is 3. The maximum atomic E-state index is 14.1. The second kappa shape index (κ2) is 19.8. The summed E-state index contributed by atoms with van der Waals surface area (Å²) in [5.74, 6) is 0.769. The van der Waals surface area contributed by atoms with Gasteiger partial charge in [-0.15, -0.1) is 0 Å². The van der Waals surface area contributed by atoms with Crippen LogP contribution in [0.4, 0.5) is 4.79 Å². The van der Waals surface area contributed by atoms with Crippen molar-refractivity contribution < 1.29 is 28.1 Å². The van der Waals surface area contributed by atoms with Crippen molar-refractivity contribution >= 4 is 17.9 Å². The largest absolute Gasteiger partial charge is 0.484 e. The number of unbranched alkanes of at least 4 members (excludes halogenated alkanes) is 1. The normalized spacial score (nSPS) is 15.9. The molecule has 6 aromatic rings. The number of amides is 3. The maximum absolute atomic E-state index is 14.1. The molecule has 9 rings (SSSR count). The summed E-state index contributed by atoms with van der Waals surface area (Å²) in [5, 5.41) is 9.48. The molecule has 3 aliphatic rings. The van der Waals surface area contributed by atoms with Crippen molar-refractivity contribution in [1.82, 2.24) is 16.0 Å². The Hall–Kier alpha value is -6.67. The van der Waals surface area contributed by atoms with Crippen molar-refractivity contribution in [2.45, 2.75) is 88.8 Å². The molecule has 3 atom stereocenters. The van der Waals surface area contributed by atoms with Crippen LogP contribution in [-0.2, 0) is 33.6 Å². The molecular weight excluding hydrogens is 795 g/mol. The van der Waals surface area contributed by atoms with Gasteiger partial charge in [0.05, 0.1) is 12.1 Å². The van der Waals surface area contributed by atoms with E-state index in [4.69, 9.17) is 9.47 Å². The van der Waals surface area contributed by atoms with Crippen LogP contribution in [0.1, 0.15) is 118 Å². The molecule has 8 nitrogen and oxygen atoms in total. The van der Waals surface area contributed by atoms with Gasteiger partial charge in [0.25, 0.3) is 5.91 Å². The molecule has 3 aliphatic carbocycles. The fraction of sp³-hybridized carbons (Fsp3) is 0.304. The molecular formula is C56H63N3O5. The predicted molar refractivity (Wildman–Crippen MR) is 258 cm³/mol. The lowest BCUT2D eigenvalue weighted by Crippen LogP contribution is -2.49. The molecule has 0 spiro atoms. The van der Waals surface area contributed by atoms with Gasteiger partial charge in [-0.2, -0.15) is 0 Å². The average molecular weight is 858 g/mol. The number of alkyl carbamates (subject to hydrolysis) is 1. The van der Waals surface area contributed by atoms with E-state index in [9.17, 15) is 14.4 Å². The topological polar surface area (TPSA) is 106 Å². The zero-order valence-electron chi connectivity index (χ0n) is 36.6. The Kier molecular flexibility index (Phi) is 13.2. The molecule has 0 bridgehead atoms. The smallest absolute Gasteiger partial charge is 0.407 e. The Morgan fingerprint density at radius 3 is 2.05 bits per heavy atom. The molecule has 8 heteroatoms. The van der Waals surface area contributed by atoms with Crippen LogP contribution in [0.2, 0.25) is 0 Å². The number of carbonyl (C=O) groups excluding carboxylic acids is 3. The number of hydrogen-bond donors (Lipinski definition) is 3.